The first kappa shape index (κ1) is 19.7. The summed E-state index contributed by atoms with van der Waals surface area (Å²) in [5, 5.41) is 3.27. The fourth-order valence-electron chi connectivity index (χ4n) is 4.07. The number of nitrogens with zero attached hydrogens (tertiary/aromatic N) is 1. The van der Waals surface area contributed by atoms with Gasteiger partial charge in [-0.2, -0.15) is 0 Å². The number of benzene rings is 1. The SMILES string of the molecule is CCc1c(C(=O)Nc2ccccc2Cl)c(=O)cc(C)n1CC1CCCCC1. The van der Waals surface area contributed by atoms with Crippen molar-refractivity contribution in [3.8, 4) is 0 Å². The topological polar surface area (TPSA) is 51.1 Å². The fourth-order valence-corrected chi connectivity index (χ4v) is 4.25. The van der Waals surface area contributed by atoms with Crippen LogP contribution in [0.3, 0.4) is 0 Å². The Kier molecular flexibility index (Phi) is 6.38. The number of carbonyl (C=O) groups is 1. The van der Waals surface area contributed by atoms with Crippen molar-refractivity contribution >= 4 is 23.2 Å². The Hall–Kier alpha value is -2.07. The third-order valence-corrected chi connectivity index (χ3v) is 5.81. The zero-order valence-electron chi connectivity index (χ0n) is 16.1. The minimum absolute atomic E-state index is 0.228. The molecule has 0 unspecified atom stereocenters. The van der Waals surface area contributed by atoms with E-state index >= 15 is 0 Å². The molecule has 4 nitrogen and oxygen atoms in total. The van der Waals surface area contributed by atoms with E-state index < -0.39 is 0 Å². The van der Waals surface area contributed by atoms with Gasteiger partial charge in [-0.1, -0.05) is 49.9 Å². The van der Waals surface area contributed by atoms with Gasteiger partial charge in [0.1, 0.15) is 5.56 Å². The van der Waals surface area contributed by atoms with Crippen molar-refractivity contribution in [3.63, 3.8) is 0 Å². The molecule has 1 aromatic carbocycles. The van der Waals surface area contributed by atoms with E-state index in [-0.39, 0.29) is 16.9 Å². The summed E-state index contributed by atoms with van der Waals surface area (Å²) in [7, 11) is 0. The third-order valence-electron chi connectivity index (χ3n) is 5.48. The Morgan fingerprint density at radius 3 is 2.59 bits per heavy atom. The highest BCUT2D eigenvalue weighted by molar-refractivity contribution is 6.33. The monoisotopic (exact) mass is 386 g/mol. The van der Waals surface area contributed by atoms with Gasteiger partial charge in [0, 0.05) is 24.0 Å². The van der Waals surface area contributed by atoms with Crippen molar-refractivity contribution in [2.75, 3.05) is 5.32 Å². The number of nitrogens with one attached hydrogen (secondary N) is 1. The maximum atomic E-state index is 12.9. The molecule has 1 aromatic heterocycles. The lowest BCUT2D eigenvalue weighted by molar-refractivity contribution is 0.102. The number of anilines is 1. The normalized spacial score (nSPS) is 14.9. The van der Waals surface area contributed by atoms with Crippen LogP contribution in [0.5, 0.6) is 0 Å². The lowest BCUT2D eigenvalue weighted by Crippen LogP contribution is -2.29. The first-order valence-corrected chi connectivity index (χ1v) is 10.2. The van der Waals surface area contributed by atoms with E-state index in [1.54, 1.807) is 30.3 Å². The molecule has 0 aliphatic heterocycles. The van der Waals surface area contributed by atoms with E-state index in [0.717, 1.165) is 17.9 Å². The van der Waals surface area contributed by atoms with Gasteiger partial charge in [-0.3, -0.25) is 9.59 Å². The fraction of sp³-hybridized carbons (Fsp3) is 0.455. The summed E-state index contributed by atoms with van der Waals surface area (Å²) in [6, 6.07) is 8.65. The average Bonchev–Trinajstić information content (AvgIpc) is 2.66. The minimum Gasteiger partial charge on any atom is -0.348 e. The van der Waals surface area contributed by atoms with Crippen molar-refractivity contribution in [2.45, 2.75) is 58.9 Å². The van der Waals surface area contributed by atoms with Crippen LogP contribution in [0, 0.1) is 12.8 Å². The molecule has 0 spiro atoms. The number of aromatic nitrogens is 1. The number of amides is 1. The zero-order chi connectivity index (χ0) is 19.4. The molecule has 3 rings (SSSR count). The standard InChI is InChI=1S/C22H27ClN2O2/c1-3-19-21(22(27)24-18-12-8-7-11-17(18)23)20(26)13-15(2)25(19)14-16-9-5-4-6-10-16/h7-8,11-13,16H,3-6,9-10,14H2,1-2H3,(H,24,27). The van der Waals surface area contributed by atoms with Crippen LogP contribution in [0.4, 0.5) is 5.69 Å². The summed E-state index contributed by atoms with van der Waals surface area (Å²) in [5.74, 6) is 0.229. The highest BCUT2D eigenvalue weighted by Crippen LogP contribution is 2.27. The average molecular weight is 387 g/mol. The second-order valence-electron chi connectivity index (χ2n) is 7.37. The van der Waals surface area contributed by atoms with E-state index in [2.05, 4.69) is 9.88 Å². The van der Waals surface area contributed by atoms with Crippen LogP contribution in [0.15, 0.2) is 35.1 Å². The smallest absolute Gasteiger partial charge is 0.261 e. The lowest BCUT2D eigenvalue weighted by Gasteiger charge is -2.26. The molecule has 1 aliphatic carbocycles. The van der Waals surface area contributed by atoms with Gasteiger partial charge in [0.05, 0.1) is 10.7 Å². The van der Waals surface area contributed by atoms with Crippen LogP contribution in [0.2, 0.25) is 5.02 Å². The predicted molar refractivity (Wildman–Crippen MR) is 111 cm³/mol. The summed E-state index contributed by atoms with van der Waals surface area (Å²) >= 11 is 6.16. The molecule has 2 aromatic rings. The highest BCUT2D eigenvalue weighted by Gasteiger charge is 2.22. The number of hydrogen-bond acceptors (Lipinski definition) is 2. The number of hydrogen-bond donors (Lipinski definition) is 1. The van der Waals surface area contributed by atoms with Gasteiger partial charge in [-0.25, -0.2) is 0 Å². The van der Waals surface area contributed by atoms with E-state index in [0.29, 0.717) is 23.0 Å². The van der Waals surface area contributed by atoms with Crippen LogP contribution in [0.1, 0.15) is 60.8 Å². The molecule has 0 atom stereocenters. The number of halogens is 1. The number of rotatable bonds is 5. The van der Waals surface area contributed by atoms with Gasteiger partial charge >= 0.3 is 0 Å². The summed E-state index contributed by atoms with van der Waals surface area (Å²) in [5.41, 5.74) is 2.27. The van der Waals surface area contributed by atoms with Crippen molar-refractivity contribution in [1.29, 1.82) is 0 Å². The second kappa shape index (κ2) is 8.75. The first-order chi connectivity index (χ1) is 13.0. The molecular formula is C22H27ClN2O2. The molecule has 1 amide bonds. The number of pyridine rings is 1. The maximum Gasteiger partial charge on any atom is 0.261 e. The second-order valence-corrected chi connectivity index (χ2v) is 7.78. The van der Waals surface area contributed by atoms with Gasteiger partial charge in [0.25, 0.3) is 5.91 Å². The molecule has 1 N–H and O–H groups in total. The molecule has 1 fully saturated rings. The molecule has 1 saturated carbocycles. The van der Waals surface area contributed by atoms with Gasteiger partial charge in [0.15, 0.2) is 5.43 Å². The van der Waals surface area contributed by atoms with E-state index in [1.165, 1.54) is 32.1 Å². The van der Waals surface area contributed by atoms with E-state index in [9.17, 15) is 9.59 Å². The Balaban J connectivity index is 1.96. The Morgan fingerprint density at radius 1 is 1.22 bits per heavy atom. The van der Waals surface area contributed by atoms with E-state index in [4.69, 9.17) is 11.6 Å². The van der Waals surface area contributed by atoms with Gasteiger partial charge in [-0.15, -0.1) is 0 Å². The Labute approximate surface area is 165 Å². The highest BCUT2D eigenvalue weighted by atomic mass is 35.5. The zero-order valence-corrected chi connectivity index (χ0v) is 16.8. The van der Waals surface area contributed by atoms with Gasteiger partial charge < -0.3 is 9.88 Å². The number of carbonyl (C=O) groups excluding carboxylic acids is 1. The molecule has 0 radical (unpaired) electrons. The number of aryl methyl sites for hydroxylation is 1. The maximum absolute atomic E-state index is 12.9. The van der Waals surface area contributed by atoms with Crippen molar-refractivity contribution in [1.82, 2.24) is 4.57 Å². The summed E-state index contributed by atoms with van der Waals surface area (Å²) in [4.78, 5) is 25.6. The Morgan fingerprint density at radius 2 is 1.93 bits per heavy atom. The summed E-state index contributed by atoms with van der Waals surface area (Å²) in [6.07, 6.45) is 6.92. The Bertz CT molecular complexity index is 882. The third kappa shape index (κ3) is 4.44. The van der Waals surface area contributed by atoms with Crippen LogP contribution in [-0.2, 0) is 13.0 Å². The molecular weight excluding hydrogens is 360 g/mol. The van der Waals surface area contributed by atoms with Crippen LogP contribution in [-0.4, -0.2) is 10.5 Å². The molecule has 1 heterocycles. The van der Waals surface area contributed by atoms with Crippen molar-refractivity contribution in [3.05, 3.63) is 62.5 Å². The van der Waals surface area contributed by atoms with Crippen LogP contribution < -0.4 is 10.7 Å². The van der Waals surface area contributed by atoms with Gasteiger partial charge in [-0.05, 0) is 44.2 Å². The van der Waals surface area contributed by atoms with E-state index in [1.807, 2.05) is 13.8 Å². The summed E-state index contributed by atoms with van der Waals surface area (Å²) < 4.78 is 2.18. The largest absolute Gasteiger partial charge is 0.348 e. The number of para-hydroxylation sites is 1. The first-order valence-electron chi connectivity index (χ1n) is 9.80. The van der Waals surface area contributed by atoms with Gasteiger partial charge in [0.2, 0.25) is 0 Å². The van der Waals surface area contributed by atoms with Crippen LogP contribution in [0.25, 0.3) is 0 Å². The minimum atomic E-state index is -0.387. The molecule has 5 heteroatoms. The predicted octanol–water partition coefficient (Wildman–Crippen LogP) is 5.21. The molecule has 27 heavy (non-hydrogen) atoms. The van der Waals surface area contributed by atoms with Crippen molar-refractivity contribution in [2.24, 2.45) is 5.92 Å². The quantitative estimate of drug-likeness (QED) is 0.767. The molecule has 1 aliphatic rings. The van der Waals surface area contributed by atoms with Crippen LogP contribution >= 0.6 is 11.6 Å². The lowest BCUT2D eigenvalue weighted by atomic mass is 9.89. The molecule has 0 saturated heterocycles. The summed E-state index contributed by atoms with van der Waals surface area (Å²) in [6.45, 7) is 4.83. The molecule has 144 valence electrons. The molecule has 0 bridgehead atoms. The van der Waals surface area contributed by atoms with Crippen molar-refractivity contribution < 1.29 is 4.79 Å².